The minimum absolute atomic E-state index is 0.139. The number of halogens is 1. The minimum Gasteiger partial charge on any atom is -0.506 e. The summed E-state index contributed by atoms with van der Waals surface area (Å²) in [4.78, 5) is 10.8. The van der Waals surface area contributed by atoms with Crippen molar-refractivity contribution in [2.45, 2.75) is 19.3 Å². The Morgan fingerprint density at radius 1 is 1.46 bits per heavy atom. The number of phenolic OH excluding ortho intramolecular Hbond substituents is 1. The lowest BCUT2D eigenvalue weighted by molar-refractivity contribution is -0.111. The Balaban J connectivity index is 3.30. The molecule has 0 atom stereocenters. The number of carbonyl (C=O) groups excluding carboxylic acids is 1. The highest BCUT2D eigenvalue weighted by Crippen LogP contribution is 2.34. The largest absolute Gasteiger partial charge is 0.506 e. The lowest BCUT2D eigenvalue weighted by Crippen LogP contribution is -2.18. The van der Waals surface area contributed by atoms with Gasteiger partial charge >= 0.3 is 0 Å². The van der Waals surface area contributed by atoms with Crippen LogP contribution in [0.3, 0.4) is 0 Å². The van der Waals surface area contributed by atoms with Gasteiger partial charge in [0.1, 0.15) is 12.0 Å². The van der Waals surface area contributed by atoms with Gasteiger partial charge in [0.15, 0.2) is 0 Å². The fourth-order valence-corrected chi connectivity index (χ4v) is 1.46. The van der Waals surface area contributed by atoms with E-state index in [0.717, 1.165) is 6.29 Å². The van der Waals surface area contributed by atoms with E-state index in [1.807, 2.05) is 0 Å². The van der Waals surface area contributed by atoms with Gasteiger partial charge in [-0.3, -0.25) is 0 Å². The first-order valence-electron chi connectivity index (χ1n) is 3.93. The number of hydrogen-bond acceptors (Lipinski definition) is 2. The lowest BCUT2D eigenvalue weighted by Gasteiger charge is -2.19. The summed E-state index contributed by atoms with van der Waals surface area (Å²) in [6, 6.07) is 5.28. The van der Waals surface area contributed by atoms with Crippen LogP contribution in [0.2, 0.25) is 0 Å². The Morgan fingerprint density at radius 3 is 2.62 bits per heavy atom. The highest BCUT2D eigenvalue weighted by molar-refractivity contribution is 9.10. The summed E-state index contributed by atoms with van der Waals surface area (Å²) in [6.07, 6.45) is 0.828. The van der Waals surface area contributed by atoms with Crippen LogP contribution < -0.4 is 0 Å². The maximum Gasteiger partial charge on any atom is 0.133 e. The first-order valence-corrected chi connectivity index (χ1v) is 4.72. The van der Waals surface area contributed by atoms with E-state index in [-0.39, 0.29) is 5.75 Å². The molecule has 0 fully saturated rings. The normalized spacial score (nSPS) is 11.3. The molecule has 0 heterocycles. The van der Waals surface area contributed by atoms with Crippen molar-refractivity contribution in [3.63, 3.8) is 0 Å². The Morgan fingerprint density at radius 2 is 2.08 bits per heavy atom. The average molecular weight is 243 g/mol. The highest BCUT2D eigenvalue weighted by Gasteiger charge is 2.23. The summed E-state index contributed by atoms with van der Waals surface area (Å²) in [5.74, 6) is 0.139. The second kappa shape index (κ2) is 3.50. The van der Waals surface area contributed by atoms with E-state index >= 15 is 0 Å². The number of rotatable bonds is 2. The van der Waals surface area contributed by atoms with Crippen molar-refractivity contribution in [2.75, 3.05) is 0 Å². The number of para-hydroxylation sites is 1. The smallest absolute Gasteiger partial charge is 0.133 e. The number of aldehydes is 1. The Bertz CT molecular complexity index is 332. The number of phenols is 1. The molecule has 13 heavy (non-hydrogen) atoms. The van der Waals surface area contributed by atoms with E-state index < -0.39 is 5.41 Å². The molecule has 0 bridgehead atoms. The molecule has 0 amide bonds. The van der Waals surface area contributed by atoms with Crippen LogP contribution in [0.1, 0.15) is 19.4 Å². The van der Waals surface area contributed by atoms with Gasteiger partial charge in [0.25, 0.3) is 0 Å². The fraction of sp³-hybridized carbons (Fsp3) is 0.300. The van der Waals surface area contributed by atoms with Gasteiger partial charge < -0.3 is 9.90 Å². The molecule has 1 N–H and O–H groups in total. The van der Waals surface area contributed by atoms with Crippen LogP contribution in [-0.2, 0) is 10.2 Å². The first-order chi connectivity index (χ1) is 5.99. The molecule has 0 saturated carbocycles. The average Bonchev–Trinajstić information content (AvgIpc) is 2.09. The summed E-state index contributed by atoms with van der Waals surface area (Å²) in [5.41, 5.74) is -0.00898. The molecular weight excluding hydrogens is 232 g/mol. The lowest BCUT2D eigenvalue weighted by atomic mass is 9.86. The molecule has 0 unspecified atom stereocenters. The molecule has 1 aromatic rings. The second-order valence-corrected chi connectivity index (χ2v) is 4.33. The van der Waals surface area contributed by atoms with Crippen molar-refractivity contribution in [3.8, 4) is 5.75 Å². The zero-order chi connectivity index (χ0) is 10.1. The van der Waals surface area contributed by atoms with Gasteiger partial charge in [0, 0.05) is 11.0 Å². The number of benzene rings is 1. The maximum atomic E-state index is 10.8. The third kappa shape index (κ3) is 1.91. The molecule has 0 spiro atoms. The molecule has 0 aromatic heterocycles. The standard InChI is InChI=1S/C10H11BrO2/c1-10(2,6-12)7-4-3-5-8(11)9(7)13/h3-6,13H,1-2H3. The Labute approximate surface area is 85.7 Å². The van der Waals surface area contributed by atoms with Gasteiger partial charge in [-0.25, -0.2) is 0 Å². The molecule has 3 heteroatoms. The third-order valence-corrected chi connectivity index (χ3v) is 2.62. The van der Waals surface area contributed by atoms with E-state index in [1.165, 1.54) is 0 Å². The van der Waals surface area contributed by atoms with Crippen molar-refractivity contribution in [1.82, 2.24) is 0 Å². The number of hydrogen-bond donors (Lipinski definition) is 1. The number of carbonyl (C=O) groups is 1. The van der Waals surface area contributed by atoms with E-state index in [4.69, 9.17) is 0 Å². The van der Waals surface area contributed by atoms with Crippen LogP contribution in [0, 0.1) is 0 Å². The van der Waals surface area contributed by atoms with Crippen LogP contribution in [0.15, 0.2) is 22.7 Å². The van der Waals surface area contributed by atoms with Crippen molar-refractivity contribution < 1.29 is 9.90 Å². The van der Waals surface area contributed by atoms with Gasteiger partial charge in [-0.05, 0) is 35.8 Å². The van der Waals surface area contributed by atoms with Crippen molar-refractivity contribution >= 4 is 22.2 Å². The molecule has 2 nitrogen and oxygen atoms in total. The fourth-order valence-electron chi connectivity index (χ4n) is 1.10. The van der Waals surface area contributed by atoms with Gasteiger partial charge in [-0.2, -0.15) is 0 Å². The third-order valence-electron chi connectivity index (χ3n) is 1.98. The van der Waals surface area contributed by atoms with Gasteiger partial charge in [-0.1, -0.05) is 12.1 Å². The molecule has 1 rings (SSSR count). The molecule has 0 aliphatic heterocycles. The predicted octanol–water partition coefficient (Wildman–Crippen LogP) is 2.63. The monoisotopic (exact) mass is 242 g/mol. The second-order valence-electron chi connectivity index (χ2n) is 3.48. The van der Waals surface area contributed by atoms with Crippen LogP contribution >= 0.6 is 15.9 Å². The quantitative estimate of drug-likeness (QED) is 0.810. The summed E-state index contributed by atoms with van der Waals surface area (Å²) < 4.78 is 0.611. The molecular formula is C10H11BrO2. The van der Waals surface area contributed by atoms with Gasteiger partial charge in [-0.15, -0.1) is 0 Å². The minimum atomic E-state index is -0.645. The van der Waals surface area contributed by atoms with Gasteiger partial charge in [0.05, 0.1) is 4.47 Å². The van der Waals surface area contributed by atoms with Crippen LogP contribution in [0.25, 0.3) is 0 Å². The maximum absolute atomic E-state index is 10.8. The molecule has 0 aliphatic rings. The zero-order valence-electron chi connectivity index (χ0n) is 7.54. The van der Waals surface area contributed by atoms with Crippen LogP contribution in [-0.4, -0.2) is 11.4 Å². The zero-order valence-corrected chi connectivity index (χ0v) is 9.13. The highest BCUT2D eigenvalue weighted by atomic mass is 79.9. The summed E-state index contributed by atoms with van der Waals surface area (Å²) in [6.45, 7) is 3.53. The van der Waals surface area contributed by atoms with Crippen LogP contribution in [0.5, 0.6) is 5.75 Å². The molecule has 0 saturated heterocycles. The Kier molecular flexibility index (Phi) is 2.76. The summed E-state index contributed by atoms with van der Waals surface area (Å²) in [5, 5.41) is 9.66. The van der Waals surface area contributed by atoms with E-state index in [0.29, 0.717) is 10.0 Å². The summed E-state index contributed by atoms with van der Waals surface area (Å²) in [7, 11) is 0. The van der Waals surface area contributed by atoms with E-state index in [2.05, 4.69) is 15.9 Å². The number of aromatic hydroxyl groups is 1. The van der Waals surface area contributed by atoms with Crippen LogP contribution in [0.4, 0.5) is 0 Å². The molecule has 0 radical (unpaired) electrons. The topological polar surface area (TPSA) is 37.3 Å². The molecule has 0 aliphatic carbocycles. The van der Waals surface area contributed by atoms with E-state index in [1.54, 1.807) is 32.0 Å². The van der Waals surface area contributed by atoms with Gasteiger partial charge in [0.2, 0.25) is 0 Å². The Hall–Kier alpha value is -0.830. The van der Waals surface area contributed by atoms with Crippen molar-refractivity contribution in [1.29, 1.82) is 0 Å². The first kappa shape index (κ1) is 10.3. The SMILES string of the molecule is CC(C)(C=O)c1cccc(Br)c1O. The van der Waals surface area contributed by atoms with E-state index in [9.17, 15) is 9.90 Å². The molecule has 70 valence electrons. The van der Waals surface area contributed by atoms with Crippen molar-refractivity contribution in [2.24, 2.45) is 0 Å². The summed E-state index contributed by atoms with van der Waals surface area (Å²) >= 11 is 3.20. The van der Waals surface area contributed by atoms with Crippen molar-refractivity contribution in [3.05, 3.63) is 28.2 Å². The molecule has 1 aromatic carbocycles. The predicted molar refractivity (Wildman–Crippen MR) is 54.9 cm³/mol.